The number of hydrogen-bond donors (Lipinski definition) is 1. The summed E-state index contributed by atoms with van der Waals surface area (Å²) in [6.07, 6.45) is 1.63. The quantitative estimate of drug-likeness (QED) is 0.730. The van der Waals surface area contributed by atoms with Crippen molar-refractivity contribution in [3.05, 3.63) is 34.4 Å². The molecule has 0 atom stereocenters. The molecule has 0 aliphatic rings. The predicted octanol–water partition coefficient (Wildman–Crippen LogP) is 3.12. The van der Waals surface area contributed by atoms with Gasteiger partial charge >= 0.3 is 0 Å². The van der Waals surface area contributed by atoms with E-state index in [1.54, 1.807) is 24.4 Å². The Bertz CT molecular complexity index is 468. The van der Waals surface area contributed by atoms with Crippen molar-refractivity contribution in [3.8, 4) is 0 Å². The third-order valence-corrected chi connectivity index (χ3v) is 2.31. The Kier molecular flexibility index (Phi) is 2.02. The zero-order valence-corrected chi connectivity index (χ0v) is 8.10. The Hall–Kier alpha value is -0.990. The van der Waals surface area contributed by atoms with Gasteiger partial charge in [0.2, 0.25) is 0 Å². The average Bonchev–Trinajstić information content (AvgIpc) is 2.02. The summed E-state index contributed by atoms with van der Waals surface area (Å²) in [7, 11) is 0. The molecule has 4 heteroatoms. The van der Waals surface area contributed by atoms with Crippen LogP contribution in [-0.2, 0) is 0 Å². The topological polar surface area (TPSA) is 38.9 Å². The third-order valence-electron chi connectivity index (χ3n) is 1.79. The van der Waals surface area contributed by atoms with E-state index in [4.69, 9.17) is 28.9 Å². The van der Waals surface area contributed by atoms with Gasteiger partial charge in [-0.1, -0.05) is 23.2 Å². The minimum atomic E-state index is 0.535. The maximum absolute atomic E-state index is 5.96. The van der Waals surface area contributed by atoms with E-state index >= 15 is 0 Å². The maximum Gasteiger partial charge on any atom is 0.0752 e. The largest absolute Gasteiger partial charge is 0.398 e. The molecule has 0 saturated carbocycles. The first-order valence-electron chi connectivity index (χ1n) is 3.68. The van der Waals surface area contributed by atoms with Crippen molar-refractivity contribution in [1.82, 2.24) is 4.98 Å². The fraction of sp³-hybridized carbons (Fsp3) is 0. The van der Waals surface area contributed by atoms with E-state index in [-0.39, 0.29) is 0 Å². The summed E-state index contributed by atoms with van der Waals surface area (Å²) < 4.78 is 0. The van der Waals surface area contributed by atoms with Gasteiger partial charge in [0.1, 0.15) is 0 Å². The number of nitrogen functional groups attached to an aromatic ring is 1. The second-order valence-corrected chi connectivity index (χ2v) is 3.53. The summed E-state index contributed by atoms with van der Waals surface area (Å²) in [5.74, 6) is 0. The molecule has 1 heterocycles. The van der Waals surface area contributed by atoms with E-state index < -0.39 is 0 Å². The number of aromatic nitrogens is 1. The standard InChI is InChI=1S/C9H6Cl2N2/c10-5-3-6(11)9-7(12)1-2-13-8(9)4-5/h1-4H,(H2,12,13). The lowest BCUT2D eigenvalue weighted by molar-refractivity contribution is 1.41. The van der Waals surface area contributed by atoms with Gasteiger partial charge in [0.15, 0.2) is 0 Å². The zero-order valence-electron chi connectivity index (χ0n) is 6.59. The number of rotatable bonds is 0. The van der Waals surface area contributed by atoms with Crippen LogP contribution < -0.4 is 5.73 Å². The van der Waals surface area contributed by atoms with E-state index in [1.807, 2.05) is 0 Å². The van der Waals surface area contributed by atoms with Crippen molar-refractivity contribution >= 4 is 39.8 Å². The second kappa shape index (κ2) is 3.05. The Morgan fingerprint density at radius 3 is 2.77 bits per heavy atom. The summed E-state index contributed by atoms with van der Waals surface area (Å²) >= 11 is 11.8. The van der Waals surface area contributed by atoms with Crippen molar-refractivity contribution in [3.63, 3.8) is 0 Å². The molecular formula is C9H6Cl2N2. The SMILES string of the molecule is Nc1ccnc2cc(Cl)cc(Cl)c12. The molecule has 0 bridgehead atoms. The number of hydrogen-bond acceptors (Lipinski definition) is 2. The fourth-order valence-electron chi connectivity index (χ4n) is 1.23. The van der Waals surface area contributed by atoms with Gasteiger partial charge in [-0.2, -0.15) is 0 Å². The number of halogens is 2. The molecule has 66 valence electrons. The van der Waals surface area contributed by atoms with Gasteiger partial charge in [-0.3, -0.25) is 4.98 Å². The summed E-state index contributed by atoms with van der Waals surface area (Å²) in [5, 5.41) is 1.86. The molecule has 0 aliphatic carbocycles. The van der Waals surface area contributed by atoms with Crippen LogP contribution in [0.5, 0.6) is 0 Å². The number of benzene rings is 1. The first-order valence-corrected chi connectivity index (χ1v) is 4.43. The molecule has 2 nitrogen and oxygen atoms in total. The van der Waals surface area contributed by atoms with Crippen LogP contribution in [0.2, 0.25) is 10.0 Å². The minimum absolute atomic E-state index is 0.535. The van der Waals surface area contributed by atoms with Crippen LogP contribution in [0.1, 0.15) is 0 Å². The Labute approximate surface area is 85.3 Å². The van der Waals surface area contributed by atoms with Crippen LogP contribution in [0.25, 0.3) is 10.9 Å². The number of anilines is 1. The van der Waals surface area contributed by atoms with Gasteiger partial charge < -0.3 is 5.73 Å². The highest BCUT2D eigenvalue weighted by atomic mass is 35.5. The number of nitrogens with zero attached hydrogens (tertiary/aromatic N) is 1. The lowest BCUT2D eigenvalue weighted by Crippen LogP contribution is -1.89. The molecule has 0 saturated heterocycles. The molecule has 0 amide bonds. The van der Waals surface area contributed by atoms with Crippen molar-refractivity contribution in [2.24, 2.45) is 0 Å². The highest BCUT2D eigenvalue weighted by Crippen LogP contribution is 2.30. The van der Waals surface area contributed by atoms with Crippen LogP contribution in [0.15, 0.2) is 24.4 Å². The van der Waals surface area contributed by atoms with Crippen molar-refractivity contribution in [2.75, 3.05) is 5.73 Å². The molecule has 1 aromatic carbocycles. The summed E-state index contributed by atoms with van der Waals surface area (Å²) in [5.41, 5.74) is 7.08. The summed E-state index contributed by atoms with van der Waals surface area (Å²) in [6.45, 7) is 0. The highest BCUT2D eigenvalue weighted by Gasteiger charge is 2.04. The Morgan fingerprint density at radius 2 is 2.00 bits per heavy atom. The van der Waals surface area contributed by atoms with E-state index in [2.05, 4.69) is 4.98 Å². The highest BCUT2D eigenvalue weighted by molar-refractivity contribution is 6.39. The van der Waals surface area contributed by atoms with E-state index in [9.17, 15) is 0 Å². The van der Waals surface area contributed by atoms with Gasteiger partial charge in [-0.25, -0.2) is 0 Å². The van der Waals surface area contributed by atoms with Crippen LogP contribution >= 0.6 is 23.2 Å². The zero-order chi connectivity index (χ0) is 9.42. The monoisotopic (exact) mass is 212 g/mol. The van der Waals surface area contributed by atoms with Crippen LogP contribution in [0.4, 0.5) is 5.69 Å². The molecule has 2 aromatic rings. The molecule has 0 fully saturated rings. The molecule has 2 rings (SSSR count). The Balaban J connectivity index is 2.94. The first-order chi connectivity index (χ1) is 6.18. The van der Waals surface area contributed by atoms with Gasteiger partial charge in [0, 0.05) is 22.3 Å². The van der Waals surface area contributed by atoms with Crippen LogP contribution in [0, 0.1) is 0 Å². The lowest BCUT2D eigenvalue weighted by atomic mass is 10.2. The second-order valence-electron chi connectivity index (χ2n) is 2.68. The fourth-order valence-corrected chi connectivity index (χ4v) is 1.82. The van der Waals surface area contributed by atoms with Crippen molar-refractivity contribution < 1.29 is 0 Å². The molecule has 0 aliphatic heterocycles. The molecule has 0 spiro atoms. The van der Waals surface area contributed by atoms with E-state index in [0.29, 0.717) is 15.7 Å². The van der Waals surface area contributed by atoms with Gasteiger partial charge in [-0.15, -0.1) is 0 Å². The molecule has 1 aromatic heterocycles. The van der Waals surface area contributed by atoms with Crippen molar-refractivity contribution in [2.45, 2.75) is 0 Å². The summed E-state index contributed by atoms with van der Waals surface area (Å²) in [6, 6.07) is 5.10. The smallest absolute Gasteiger partial charge is 0.0752 e. The van der Waals surface area contributed by atoms with Gasteiger partial charge in [0.05, 0.1) is 10.5 Å². The Morgan fingerprint density at radius 1 is 1.23 bits per heavy atom. The van der Waals surface area contributed by atoms with Crippen LogP contribution in [0.3, 0.4) is 0 Å². The normalized spacial score (nSPS) is 10.6. The van der Waals surface area contributed by atoms with E-state index in [1.165, 1.54) is 0 Å². The minimum Gasteiger partial charge on any atom is -0.398 e. The third kappa shape index (κ3) is 1.43. The molecule has 13 heavy (non-hydrogen) atoms. The first kappa shape index (κ1) is 8.60. The molecule has 0 unspecified atom stereocenters. The lowest BCUT2D eigenvalue weighted by Gasteiger charge is -2.03. The van der Waals surface area contributed by atoms with Gasteiger partial charge in [0.25, 0.3) is 0 Å². The molecular weight excluding hydrogens is 207 g/mol. The maximum atomic E-state index is 5.96. The van der Waals surface area contributed by atoms with E-state index in [0.717, 1.165) is 10.9 Å². The molecule has 2 N–H and O–H groups in total. The van der Waals surface area contributed by atoms with Crippen molar-refractivity contribution in [1.29, 1.82) is 0 Å². The number of fused-ring (bicyclic) bond motifs is 1. The summed E-state index contributed by atoms with van der Waals surface area (Å²) in [4.78, 5) is 4.11. The molecule has 0 radical (unpaired) electrons. The van der Waals surface area contributed by atoms with Crippen LogP contribution in [-0.4, -0.2) is 4.98 Å². The average molecular weight is 213 g/mol. The predicted molar refractivity (Wildman–Crippen MR) is 56.2 cm³/mol. The number of nitrogens with two attached hydrogens (primary N) is 1. The number of pyridine rings is 1. The van der Waals surface area contributed by atoms with Gasteiger partial charge in [-0.05, 0) is 18.2 Å².